The van der Waals surface area contributed by atoms with Crippen molar-refractivity contribution in [2.24, 2.45) is 0 Å². The molecule has 0 aliphatic heterocycles. The van der Waals surface area contributed by atoms with Gasteiger partial charge in [0.15, 0.2) is 11.6 Å². The Kier molecular flexibility index (Phi) is 4.51. The second-order valence-electron chi connectivity index (χ2n) is 3.23. The summed E-state index contributed by atoms with van der Waals surface area (Å²) in [5.74, 6) is -0.260. The fraction of sp³-hybridized carbons (Fsp3) is 0.250. The van der Waals surface area contributed by atoms with Crippen LogP contribution < -0.4 is 10.1 Å². The quantitative estimate of drug-likeness (QED) is 0.847. The van der Waals surface area contributed by atoms with Gasteiger partial charge in [-0.25, -0.2) is 4.39 Å². The third-order valence-corrected chi connectivity index (χ3v) is 1.95. The average molecular weight is 223 g/mol. The number of halogens is 1. The molecule has 16 heavy (non-hydrogen) atoms. The van der Waals surface area contributed by atoms with Gasteiger partial charge in [-0.3, -0.25) is 4.79 Å². The summed E-state index contributed by atoms with van der Waals surface area (Å²) in [4.78, 5) is 10.6. The van der Waals surface area contributed by atoms with Crippen LogP contribution in [0.5, 0.6) is 5.75 Å². The zero-order valence-corrected chi connectivity index (χ0v) is 9.29. The largest absolute Gasteiger partial charge is 0.494 e. The van der Waals surface area contributed by atoms with Crippen LogP contribution in [0.15, 0.2) is 24.3 Å². The molecule has 0 atom stereocenters. The zero-order valence-electron chi connectivity index (χ0n) is 9.29. The van der Waals surface area contributed by atoms with Crippen molar-refractivity contribution in [3.05, 3.63) is 35.7 Å². The minimum absolute atomic E-state index is 0.0821. The summed E-state index contributed by atoms with van der Waals surface area (Å²) in [5, 5.41) is 2.62. The number of hydrogen-bond donors (Lipinski definition) is 1. The Morgan fingerprint density at radius 3 is 2.94 bits per heavy atom. The van der Waals surface area contributed by atoms with Gasteiger partial charge >= 0.3 is 0 Å². The molecule has 0 saturated heterocycles. The van der Waals surface area contributed by atoms with Gasteiger partial charge in [0.2, 0.25) is 5.91 Å². The topological polar surface area (TPSA) is 38.3 Å². The predicted molar refractivity (Wildman–Crippen MR) is 60.7 cm³/mol. The molecule has 0 fully saturated rings. The first-order chi connectivity index (χ1) is 7.63. The van der Waals surface area contributed by atoms with Crippen molar-refractivity contribution >= 4 is 12.0 Å². The lowest BCUT2D eigenvalue weighted by Crippen LogP contribution is -2.19. The highest BCUT2D eigenvalue weighted by atomic mass is 19.1. The summed E-state index contributed by atoms with van der Waals surface area (Å²) >= 11 is 0. The Labute approximate surface area is 93.9 Å². The van der Waals surface area contributed by atoms with E-state index in [0.717, 1.165) is 5.56 Å². The van der Waals surface area contributed by atoms with Crippen LogP contribution in [0.4, 0.5) is 4.39 Å². The number of carbonyl (C=O) groups excluding carboxylic acids is 1. The number of carbonyl (C=O) groups is 1. The predicted octanol–water partition coefficient (Wildman–Crippen LogP) is 1.98. The van der Waals surface area contributed by atoms with E-state index >= 15 is 0 Å². The molecule has 0 aliphatic carbocycles. The molecule has 1 aromatic rings. The molecule has 0 spiro atoms. The number of benzene rings is 1. The van der Waals surface area contributed by atoms with E-state index in [2.05, 4.69) is 5.32 Å². The first kappa shape index (κ1) is 12.2. The highest BCUT2D eigenvalue weighted by Gasteiger charge is 2.00. The van der Waals surface area contributed by atoms with Gasteiger partial charge in [0.05, 0.1) is 7.11 Å². The number of nitrogens with one attached hydrogen (secondary N) is 1. The van der Waals surface area contributed by atoms with Gasteiger partial charge in [0.25, 0.3) is 0 Å². The minimum Gasteiger partial charge on any atom is -0.494 e. The molecular weight excluding hydrogens is 209 g/mol. The molecule has 1 aromatic carbocycles. The number of rotatable bonds is 4. The molecule has 0 unspecified atom stereocenters. The summed E-state index contributed by atoms with van der Waals surface area (Å²) in [6, 6.07) is 4.58. The fourth-order valence-electron chi connectivity index (χ4n) is 1.18. The van der Waals surface area contributed by atoms with E-state index in [1.54, 1.807) is 24.3 Å². The number of hydrogen-bond acceptors (Lipinski definition) is 2. The van der Waals surface area contributed by atoms with Crippen molar-refractivity contribution < 1.29 is 13.9 Å². The van der Waals surface area contributed by atoms with E-state index in [-0.39, 0.29) is 17.5 Å². The third-order valence-electron chi connectivity index (χ3n) is 1.95. The van der Waals surface area contributed by atoms with Crippen LogP contribution in [0.3, 0.4) is 0 Å². The van der Waals surface area contributed by atoms with Crippen molar-refractivity contribution in [3.8, 4) is 5.75 Å². The molecular formula is C12H14FNO2. The lowest BCUT2D eigenvalue weighted by molar-refractivity contribution is -0.118. The van der Waals surface area contributed by atoms with E-state index in [1.807, 2.05) is 0 Å². The minimum atomic E-state index is -0.387. The Hall–Kier alpha value is -1.84. The number of methoxy groups -OCH3 is 1. The van der Waals surface area contributed by atoms with E-state index in [0.29, 0.717) is 6.54 Å². The third kappa shape index (κ3) is 3.73. The van der Waals surface area contributed by atoms with Gasteiger partial charge in [0.1, 0.15) is 0 Å². The first-order valence-corrected chi connectivity index (χ1v) is 4.88. The lowest BCUT2D eigenvalue weighted by atomic mass is 10.2. The van der Waals surface area contributed by atoms with Crippen LogP contribution in [0.2, 0.25) is 0 Å². The Morgan fingerprint density at radius 2 is 2.31 bits per heavy atom. The molecule has 1 rings (SSSR count). The molecule has 1 amide bonds. The summed E-state index contributed by atoms with van der Waals surface area (Å²) in [6.45, 7) is 1.91. The molecule has 0 heterocycles. The van der Waals surface area contributed by atoms with Crippen LogP contribution in [-0.2, 0) is 4.79 Å². The summed E-state index contributed by atoms with van der Waals surface area (Å²) in [7, 11) is 1.42. The Balaban J connectivity index is 2.63. The molecule has 4 heteroatoms. The van der Waals surface area contributed by atoms with Crippen molar-refractivity contribution in [1.82, 2.24) is 5.32 Å². The second kappa shape index (κ2) is 5.90. The first-order valence-electron chi connectivity index (χ1n) is 4.88. The van der Waals surface area contributed by atoms with Gasteiger partial charge in [-0.1, -0.05) is 18.2 Å². The molecule has 0 bridgehead atoms. The maximum atomic E-state index is 13.1. The van der Waals surface area contributed by atoms with Gasteiger partial charge in [-0.05, 0) is 17.7 Å². The van der Waals surface area contributed by atoms with Crippen molar-refractivity contribution in [3.63, 3.8) is 0 Å². The maximum absolute atomic E-state index is 13.1. The molecule has 3 nitrogen and oxygen atoms in total. The van der Waals surface area contributed by atoms with Crippen LogP contribution in [0.25, 0.3) is 6.08 Å². The normalized spacial score (nSPS) is 10.4. The number of ether oxygens (including phenoxy) is 1. The van der Waals surface area contributed by atoms with Crippen molar-refractivity contribution in [1.29, 1.82) is 0 Å². The molecule has 0 aliphatic rings. The Bertz CT molecular complexity index is 402. The van der Waals surface area contributed by atoms with Crippen LogP contribution in [0, 0.1) is 5.82 Å². The average Bonchev–Trinajstić information content (AvgIpc) is 2.26. The number of amides is 1. The fourth-order valence-corrected chi connectivity index (χ4v) is 1.18. The van der Waals surface area contributed by atoms with E-state index < -0.39 is 0 Å². The van der Waals surface area contributed by atoms with Gasteiger partial charge in [-0.15, -0.1) is 0 Å². The summed E-state index contributed by atoms with van der Waals surface area (Å²) in [5.41, 5.74) is 0.823. The second-order valence-corrected chi connectivity index (χ2v) is 3.23. The van der Waals surface area contributed by atoms with E-state index in [9.17, 15) is 9.18 Å². The molecule has 1 N–H and O–H groups in total. The summed E-state index contributed by atoms with van der Waals surface area (Å²) < 4.78 is 17.9. The van der Waals surface area contributed by atoms with Gasteiger partial charge in [-0.2, -0.15) is 0 Å². The van der Waals surface area contributed by atoms with Crippen LogP contribution in [-0.4, -0.2) is 19.6 Å². The molecule has 86 valence electrons. The molecule has 0 aromatic heterocycles. The van der Waals surface area contributed by atoms with Crippen LogP contribution >= 0.6 is 0 Å². The standard InChI is InChI=1S/C12H14FNO2/c1-9(15)14-7-3-4-10-5-6-11(13)12(8-10)16-2/h3-6,8H,7H2,1-2H3,(H,14,15). The smallest absolute Gasteiger partial charge is 0.217 e. The highest BCUT2D eigenvalue weighted by Crippen LogP contribution is 2.18. The van der Waals surface area contributed by atoms with Crippen molar-refractivity contribution in [2.45, 2.75) is 6.92 Å². The lowest BCUT2D eigenvalue weighted by Gasteiger charge is -2.02. The highest BCUT2D eigenvalue weighted by molar-refractivity contribution is 5.73. The van der Waals surface area contributed by atoms with E-state index in [1.165, 1.54) is 20.1 Å². The summed E-state index contributed by atoms with van der Waals surface area (Å²) in [6.07, 6.45) is 3.58. The van der Waals surface area contributed by atoms with Crippen molar-refractivity contribution in [2.75, 3.05) is 13.7 Å². The Morgan fingerprint density at radius 1 is 1.56 bits per heavy atom. The monoisotopic (exact) mass is 223 g/mol. The SMILES string of the molecule is COc1cc(C=CCNC(C)=O)ccc1F. The van der Waals surface area contributed by atoms with Gasteiger partial charge < -0.3 is 10.1 Å². The zero-order chi connectivity index (χ0) is 12.0. The molecule has 0 saturated carbocycles. The maximum Gasteiger partial charge on any atom is 0.217 e. The van der Waals surface area contributed by atoms with Gasteiger partial charge in [0, 0.05) is 13.5 Å². The van der Waals surface area contributed by atoms with Crippen LogP contribution in [0.1, 0.15) is 12.5 Å². The van der Waals surface area contributed by atoms with E-state index in [4.69, 9.17) is 4.74 Å². The molecule has 0 radical (unpaired) electrons.